The van der Waals surface area contributed by atoms with Crippen LogP contribution in [0.25, 0.3) is 11.0 Å². The van der Waals surface area contributed by atoms with Crippen LogP contribution in [0, 0.1) is 0 Å². The number of methoxy groups -OCH3 is 1. The lowest BCUT2D eigenvalue weighted by atomic mass is 10.1. The molecule has 1 heterocycles. The first-order valence-corrected chi connectivity index (χ1v) is 9.86. The van der Waals surface area contributed by atoms with E-state index in [9.17, 15) is 4.79 Å². The molecule has 154 valence electrons. The highest BCUT2D eigenvalue weighted by Crippen LogP contribution is 2.32. The summed E-state index contributed by atoms with van der Waals surface area (Å²) in [6, 6.07) is 5.49. The maximum Gasteiger partial charge on any atom is 0.342 e. The molecule has 0 amide bonds. The van der Waals surface area contributed by atoms with Crippen LogP contribution < -0.4 is 4.74 Å². The van der Waals surface area contributed by atoms with E-state index in [-0.39, 0.29) is 23.9 Å². The van der Waals surface area contributed by atoms with Gasteiger partial charge in [-0.2, -0.15) is 11.8 Å². The molecule has 2 rings (SSSR count). The van der Waals surface area contributed by atoms with Gasteiger partial charge in [-0.3, -0.25) is 0 Å². The average Bonchev–Trinajstić information content (AvgIpc) is 2.99. The maximum absolute atomic E-state index is 12.4. The molecule has 0 fully saturated rings. The Kier molecular flexibility index (Phi) is 12.2. The van der Waals surface area contributed by atoms with Gasteiger partial charge in [-0.15, -0.1) is 12.4 Å². The highest BCUT2D eigenvalue weighted by atomic mass is 35.5. The predicted octanol–water partition coefficient (Wildman–Crippen LogP) is 3.79. The summed E-state index contributed by atoms with van der Waals surface area (Å²) in [5.74, 6) is 2.66. The van der Waals surface area contributed by atoms with E-state index in [1.165, 1.54) is 0 Å². The Morgan fingerprint density at radius 1 is 1.22 bits per heavy atom. The number of benzene rings is 1. The number of thioether (sulfide) groups is 1. The van der Waals surface area contributed by atoms with Gasteiger partial charge in [0.05, 0.1) is 19.5 Å². The first-order chi connectivity index (χ1) is 12.1. The molecule has 0 spiro atoms. The second-order valence-electron chi connectivity index (χ2n) is 5.56. The van der Waals surface area contributed by atoms with Crippen LogP contribution in [0.1, 0.15) is 36.9 Å². The number of halogens is 1. The van der Waals surface area contributed by atoms with Gasteiger partial charge in [0.15, 0.2) is 0 Å². The van der Waals surface area contributed by atoms with Crippen LogP contribution in [0.2, 0.25) is 0 Å². The van der Waals surface area contributed by atoms with Gasteiger partial charge in [0.1, 0.15) is 22.7 Å². The fourth-order valence-electron chi connectivity index (χ4n) is 2.68. The molecule has 2 N–H and O–H groups in total. The predicted molar refractivity (Wildman–Crippen MR) is 114 cm³/mol. The summed E-state index contributed by atoms with van der Waals surface area (Å²) in [4.78, 5) is 14.8. The van der Waals surface area contributed by atoms with Crippen molar-refractivity contribution in [2.24, 2.45) is 0 Å². The van der Waals surface area contributed by atoms with Gasteiger partial charge in [-0.1, -0.05) is 13.8 Å². The molecule has 8 heteroatoms. The quantitative estimate of drug-likeness (QED) is 0.430. The van der Waals surface area contributed by atoms with E-state index in [4.69, 9.17) is 13.9 Å². The Labute approximate surface area is 171 Å². The zero-order chi connectivity index (χ0) is 18.2. The van der Waals surface area contributed by atoms with Crippen LogP contribution in [-0.4, -0.2) is 55.4 Å². The lowest BCUT2D eigenvalue weighted by Gasteiger charge is -2.17. The van der Waals surface area contributed by atoms with E-state index in [2.05, 4.69) is 18.7 Å². The minimum atomic E-state index is -0.339. The zero-order valence-corrected chi connectivity index (χ0v) is 18.0. The van der Waals surface area contributed by atoms with Crippen molar-refractivity contribution in [3.63, 3.8) is 0 Å². The third kappa shape index (κ3) is 6.60. The van der Waals surface area contributed by atoms with Crippen molar-refractivity contribution >= 4 is 41.1 Å². The van der Waals surface area contributed by atoms with Crippen LogP contribution in [-0.2, 0) is 10.5 Å². The Balaban J connectivity index is 0.00000338. The molecule has 27 heavy (non-hydrogen) atoms. The third-order valence-corrected chi connectivity index (χ3v) is 5.06. The normalized spacial score (nSPS) is 10.4. The molecule has 2 aromatic rings. The highest BCUT2D eigenvalue weighted by Gasteiger charge is 2.22. The molecule has 0 atom stereocenters. The topological polar surface area (TPSA) is 83.4 Å². The largest absolute Gasteiger partial charge is 0.497 e. The SMILES string of the molecule is CCOC(=O)c1c(CSCCN(CC)CC)oc2ccc(OC)cc12.Cl.O. The number of hydrogen-bond acceptors (Lipinski definition) is 6. The maximum atomic E-state index is 12.4. The van der Waals surface area contributed by atoms with Crippen LogP contribution in [0.5, 0.6) is 5.75 Å². The Morgan fingerprint density at radius 3 is 2.52 bits per heavy atom. The second-order valence-corrected chi connectivity index (χ2v) is 6.67. The minimum Gasteiger partial charge on any atom is -0.497 e. The van der Waals surface area contributed by atoms with Crippen molar-refractivity contribution in [1.82, 2.24) is 4.90 Å². The second kappa shape index (κ2) is 12.9. The van der Waals surface area contributed by atoms with Gasteiger partial charge in [0.2, 0.25) is 0 Å². The summed E-state index contributed by atoms with van der Waals surface area (Å²) in [6.07, 6.45) is 0. The number of nitrogens with zero attached hydrogens (tertiary/aromatic N) is 1. The Bertz CT molecular complexity index is 703. The number of ether oxygens (including phenoxy) is 2. The first-order valence-electron chi connectivity index (χ1n) is 8.71. The smallest absolute Gasteiger partial charge is 0.342 e. The molecule has 0 aliphatic carbocycles. The van der Waals surface area contributed by atoms with Crippen molar-refractivity contribution in [3.05, 3.63) is 29.5 Å². The molecule has 0 saturated carbocycles. The van der Waals surface area contributed by atoms with Gasteiger partial charge in [-0.25, -0.2) is 4.79 Å². The summed E-state index contributed by atoms with van der Waals surface area (Å²) in [7, 11) is 1.61. The number of rotatable bonds is 10. The molecule has 1 aromatic carbocycles. The summed E-state index contributed by atoms with van der Waals surface area (Å²) >= 11 is 1.77. The standard InChI is InChI=1S/C19H27NO4S.ClH.H2O/c1-5-20(6-2)10-11-25-13-17-18(19(21)23-7-3)15-12-14(22-4)8-9-16(15)24-17;;/h8-9,12H,5-7,10-11,13H2,1-4H3;1H;1H2. The zero-order valence-electron chi connectivity index (χ0n) is 16.4. The molecule has 0 aliphatic heterocycles. The van der Waals surface area contributed by atoms with Gasteiger partial charge >= 0.3 is 5.97 Å². The van der Waals surface area contributed by atoms with E-state index < -0.39 is 0 Å². The molecular formula is C19H30ClNO5S. The van der Waals surface area contributed by atoms with Crippen LogP contribution >= 0.6 is 24.2 Å². The Hall–Kier alpha value is -1.41. The lowest BCUT2D eigenvalue weighted by molar-refractivity contribution is 0.0526. The van der Waals surface area contributed by atoms with E-state index in [1.54, 1.807) is 25.8 Å². The van der Waals surface area contributed by atoms with Crippen molar-refractivity contribution in [1.29, 1.82) is 0 Å². The fourth-order valence-corrected chi connectivity index (χ4v) is 3.60. The molecule has 0 bridgehead atoms. The van der Waals surface area contributed by atoms with E-state index in [0.29, 0.717) is 35.0 Å². The van der Waals surface area contributed by atoms with Crippen LogP contribution in [0.15, 0.2) is 22.6 Å². The van der Waals surface area contributed by atoms with Gasteiger partial charge in [0.25, 0.3) is 0 Å². The monoisotopic (exact) mass is 419 g/mol. The van der Waals surface area contributed by atoms with Crippen molar-refractivity contribution in [2.75, 3.05) is 39.1 Å². The summed E-state index contributed by atoms with van der Waals surface area (Å²) in [6.45, 7) is 9.61. The van der Waals surface area contributed by atoms with E-state index >= 15 is 0 Å². The van der Waals surface area contributed by atoms with E-state index in [1.807, 2.05) is 18.2 Å². The molecule has 0 radical (unpaired) electrons. The number of furan rings is 1. The number of esters is 1. The summed E-state index contributed by atoms with van der Waals surface area (Å²) in [5.41, 5.74) is 1.20. The van der Waals surface area contributed by atoms with Crippen molar-refractivity contribution < 1.29 is 24.2 Å². The molecule has 6 nitrogen and oxygen atoms in total. The Morgan fingerprint density at radius 2 is 1.93 bits per heavy atom. The fraction of sp³-hybridized carbons (Fsp3) is 0.526. The molecule has 0 aliphatic rings. The number of fused-ring (bicyclic) bond motifs is 1. The third-order valence-electron chi connectivity index (χ3n) is 4.13. The number of carbonyl (C=O) groups is 1. The minimum absolute atomic E-state index is 0. The van der Waals surface area contributed by atoms with Crippen LogP contribution in [0.4, 0.5) is 0 Å². The van der Waals surface area contributed by atoms with Crippen LogP contribution in [0.3, 0.4) is 0 Å². The van der Waals surface area contributed by atoms with Crippen molar-refractivity contribution in [3.8, 4) is 5.75 Å². The lowest BCUT2D eigenvalue weighted by Crippen LogP contribution is -2.25. The molecular weight excluding hydrogens is 390 g/mol. The van der Waals surface area contributed by atoms with Gasteiger partial charge in [-0.05, 0) is 38.2 Å². The van der Waals surface area contributed by atoms with E-state index in [0.717, 1.165) is 30.8 Å². The summed E-state index contributed by atoms with van der Waals surface area (Å²) < 4.78 is 16.4. The molecule has 0 saturated heterocycles. The number of hydrogen-bond donors (Lipinski definition) is 0. The average molecular weight is 420 g/mol. The summed E-state index contributed by atoms with van der Waals surface area (Å²) in [5, 5.41) is 0.747. The van der Waals surface area contributed by atoms with Gasteiger partial charge < -0.3 is 24.3 Å². The van der Waals surface area contributed by atoms with Crippen molar-refractivity contribution in [2.45, 2.75) is 26.5 Å². The van der Waals surface area contributed by atoms with Gasteiger partial charge in [0, 0.05) is 17.7 Å². The number of carbonyl (C=O) groups excluding carboxylic acids is 1. The highest BCUT2D eigenvalue weighted by molar-refractivity contribution is 7.98. The first kappa shape index (κ1) is 25.6. The molecule has 1 aromatic heterocycles. The molecule has 0 unspecified atom stereocenters.